The van der Waals surface area contributed by atoms with Crippen molar-refractivity contribution in [2.24, 2.45) is 5.92 Å². The second-order valence-corrected chi connectivity index (χ2v) is 7.13. The van der Waals surface area contributed by atoms with E-state index in [2.05, 4.69) is 4.72 Å². The molecule has 2 bridgehead atoms. The Kier molecular flexibility index (Phi) is 3.26. The van der Waals surface area contributed by atoms with Crippen molar-refractivity contribution in [1.29, 1.82) is 5.26 Å². The smallest absolute Gasteiger partial charge is 0.301 e. The number of hydrogen-bond acceptors (Lipinski definition) is 4. The van der Waals surface area contributed by atoms with Gasteiger partial charge in [0.05, 0.1) is 11.4 Å². The molecule has 0 amide bonds. The number of fused-ring (bicyclic) bond motifs is 2. The molecule has 8 heteroatoms. The minimum absolute atomic E-state index is 0.0320. The highest BCUT2D eigenvalue weighted by Crippen LogP contribution is 2.39. The molecule has 3 N–H and O–H groups in total. The molecule has 1 heterocycles. The first-order chi connectivity index (χ1) is 9.92. The average Bonchev–Trinajstić information content (AvgIpc) is 3.05. The fourth-order valence-electron chi connectivity index (χ4n) is 3.17. The van der Waals surface area contributed by atoms with Crippen LogP contribution in [0.3, 0.4) is 0 Å². The van der Waals surface area contributed by atoms with Crippen LogP contribution in [0.2, 0.25) is 0 Å². The molecule has 6 nitrogen and oxygen atoms in total. The molecule has 21 heavy (non-hydrogen) atoms. The van der Waals surface area contributed by atoms with E-state index >= 15 is 0 Å². The Balaban J connectivity index is 1.88. The number of rotatable bonds is 3. The largest absolute Gasteiger partial charge is 0.396 e. The molecule has 1 aliphatic carbocycles. The van der Waals surface area contributed by atoms with Crippen LogP contribution in [0.4, 0.5) is 15.8 Å². The zero-order valence-corrected chi connectivity index (χ0v) is 12.0. The number of nitrogens with zero attached hydrogens (tertiary/aromatic N) is 2. The fraction of sp³-hybridized carbons (Fsp3) is 0.462. The quantitative estimate of drug-likeness (QED) is 0.825. The average molecular weight is 310 g/mol. The van der Waals surface area contributed by atoms with Crippen LogP contribution in [0.25, 0.3) is 0 Å². The van der Waals surface area contributed by atoms with Crippen molar-refractivity contribution in [2.75, 3.05) is 17.0 Å². The van der Waals surface area contributed by atoms with E-state index in [1.807, 2.05) is 0 Å². The first kappa shape index (κ1) is 14.1. The van der Waals surface area contributed by atoms with Crippen molar-refractivity contribution in [1.82, 2.24) is 4.31 Å². The minimum Gasteiger partial charge on any atom is -0.396 e. The maximum atomic E-state index is 13.4. The summed E-state index contributed by atoms with van der Waals surface area (Å²) in [5.74, 6) is -0.343. The van der Waals surface area contributed by atoms with E-state index in [1.54, 1.807) is 6.07 Å². The number of benzene rings is 1. The molecule has 1 aromatic rings. The molecule has 2 aliphatic rings. The highest BCUT2D eigenvalue weighted by atomic mass is 32.2. The van der Waals surface area contributed by atoms with Crippen LogP contribution in [0.5, 0.6) is 0 Å². The molecule has 1 saturated carbocycles. The number of nitrogen functional groups attached to an aromatic ring is 1. The predicted octanol–water partition coefficient (Wildman–Crippen LogP) is 1.42. The van der Waals surface area contributed by atoms with E-state index in [-0.39, 0.29) is 23.0 Å². The van der Waals surface area contributed by atoms with Crippen molar-refractivity contribution in [3.63, 3.8) is 0 Å². The van der Waals surface area contributed by atoms with Crippen LogP contribution in [-0.4, -0.2) is 25.3 Å². The molecule has 2 fully saturated rings. The van der Waals surface area contributed by atoms with Gasteiger partial charge in [-0.05, 0) is 37.3 Å². The summed E-state index contributed by atoms with van der Waals surface area (Å²) >= 11 is 0. The fourth-order valence-corrected chi connectivity index (χ4v) is 4.73. The summed E-state index contributed by atoms with van der Waals surface area (Å²) < 4.78 is 42.0. The van der Waals surface area contributed by atoms with Crippen molar-refractivity contribution in [3.05, 3.63) is 23.5 Å². The summed E-state index contributed by atoms with van der Waals surface area (Å²) in [5.41, 5.74) is 5.17. The lowest BCUT2D eigenvalue weighted by Gasteiger charge is -2.26. The van der Waals surface area contributed by atoms with E-state index in [0.717, 1.165) is 25.3 Å². The summed E-state index contributed by atoms with van der Waals surface area (Å²) in [6, 6.07) is 3.93. The number of nitrogens with two attached hydrogens (primary N) is 1. The molecule has 2 unspecified atom stereocenters. The number of halogens is 1. The van der Waals surface area contributed by atoms with Crippen LogP contribution in [0.15, 0.2) is 12.1 Å². The van der Waals surface area contributed by atoms with Gasteiger partial charge in [-0.3, -0.25) is 4.72 Å². The zero-order valence-electron chi connectivity index (χ0n) is 11.2. The summed E-state index contributed by atoms with van der Waals surface area (Å²) in [7, 11) is -3.73. The molecule has 3 rings (SSSR count). The van der Waals surface area contributed by atoms with E-state index in [1.165, 1.54) is 10.4 Å². The number of hydrogen-bond donors (Lipinski definition) is 2. The van der Waals surface area contributed by atoms with Gasteiger partial charge in [-0.2, -0.15) is 18.0 Å². The van der Waals surface area contributed by atoms with Crippen molar-refractivity contribution in [2.45, 2.75) is 25.3 Å². The highest BCUT2D eigenvalue weighted by molar-refractivity contribution is 7.90. The van der Waals surface area contributed by atoms with Crippen molar-refractivity contribution < 1.29 is 12.8 Å². The van der Waals surface area contributed by atoms with Crippen molar-refractivity contribution in [3.8, 4) is 6.07 Å². The second kappa shape index (κ2) is 4.86. The third-order valence-electron chi connectivity index (χ3n) is 4.21. The Morgan fingerprint density at radius 3 is 2.76 bits per heavy atom. The monoisotopic (exact) mass is 310 g/mol. The number of nitrogens with one attached hydrogen (secondary N) is 1. The topological polar surface area (TPSA) is 99.2 Å². The third-order valence-corrected chi connectivity index (χ3v) is 5.76. The maximum absolute atomic E-state index is 13.4. The highest BCUT2D eigenvalue weighted by Gasteiger charge is 2.43. The Bertz CT molecular complexity index is 728. The molecule has 1 aromatic carbocycles. The van der Waals surface area contributed by atoms with E-state index < -0.39 is 16.0 Å². The molecule has 1 saturated heterocycles. The summed E-state index contributed by atoms with van der Waals surface area (Å²) in [6.07, 6.45) is 2.82. The zero-order chi connectivity index (χ0) is 15.2. The number of piperidine rings is 1. The minimum atomic E-state index is -3.73. The van der Waals surface area contributed by atoms with Gasteiger partial charge in [0, 0.05) is 12.6 Å². The molecule has 1 aliphatic heterocycles. The van der Waals surface area contributed by atoms with Crippen LogP contribution in [0.1, 0.15) is 24.8 Å². The summed E-state index contributed by atoms with van der Waals surface area (Å²) in [4.78, 5) is 0. The van der Waals surface area contributed by atoms with Crippen LogP contribution in [-0.2, 0) is 10.2 Å². The van der Waals surface area contributed by atoms with E-state index in [9.17, 15) is 12.8 Å². The Morgan fingerprint density at radius 2 is 2.19 bits per heavy atom. The maximum Gasteiger partial charge on any atom is 0.301 e. The predicted molar refractivity (Wildman–Crippen MR) is 75.9 cm³/mol. The van der Waals surface area contributed by atoms with Gasteiger partial charge in [0.1, 0.15) is 17.4 Å². The number of nitriles is 1. The standard InChI is InChI=1S/C13H15FN4O2S/c14-11-3-4-12(13(16)10(11)6-15)17-21(19,20)18-7-8-1-2-9(18)5-8/h3-4,8-9,17H,1-2,5,7,16H2. The molecular formula is C13H15FN4O2S. The third kappa shape index (κ3) is 2.32. The van der Waals surface area contributed by atoms with Crippen LogP contribution in [0, 0.1) is 23.1 Å². The van der Waals surface area contributed by atoms with Gasteiger partial charge in [0.25, 0.3) is 0 Å². The lowest BCUT2D eigenvalue weighted by molar-refractivity contribution is 0.335. The summed E-state index contributed by atoms with van der Waals surface area (Å²) in [6.45, 7) is 0.506. The van der Waals surface area contributed by atoms with Gasteiger partial charge in [0.2, 0.25) is 0 Å². The first-order valence-electron chi connectivity index (χ1n) is 6.70. The number of anilines is 2. The van der Waals surface area contributed by atoms with Gasteiger partial charge in [-0.15, -0.1) is 0 Å². The van der Waals surface area contributed by atoms with Crippen molar-refractivity contribution >= 4 is 21.6 Å². The molecule has 2 atom stereocenters. The van der Waals surface area contributed by atoms with Crippen LogP contribution >= 0.6 is 0 Å². The molecule has 0 radical (unpaired) electrons. The molecule has 0 aromatic heterocycles. The lowest BCUT2D eigenvalue weighted by Crippen LogP contribution is -2.41. The first-order valence-corrected chi connectivity index (χ1v) is 8.14. The lowest BCUT2D eigenvalue weighted by atomic mass is 10.1. The van der Waals surface area contributed by atoms with E-state index in [4.69, 9.17) is 11.0 Å². The molecule has 0 spiro atoms. The van der Waals surface area contributed by atoms with Gasteiger partial charge in [0.15, 0.2) is 0 Å². The Labute approximate surface area is 122 Å². The SMILES string of the molecule is N#Cc1c(F)ccc(NS(=O)(=O)N2CC3CCC2C3)c1N. The normalized spacial score (nSPS) is 25.0. The molecular weight excluding hydrogens is 295 g/mol. The van der Waals surface area contributed by atoms with Crippen LogP contribution < -0.4 is 10.5 Å². The summed E-state index contributed by atoms with van der Waals surface area (Å²) in [5, 5.41) is 8.86. The van der Waals surface area contributed by atoms with Gasteiger partial charge < -0.3 is 5.73 Å². The second-order valence-electron chi connectivity index (χ2n) is 5.51. The van der Waals surface area contributed by atoms with E-state index in [0.29, 0.717) is 12.5 Å². The van der Waals surface area contributed by atoms with Gasteiger partial charge >= 0.3 is 10.2 Å². The van der Waals surface area contributed by atoms with Gasteiger partial charge in [-0.1, -0.05) is 0 Å². The Hall–Kier alpha value is -1.85. The Morgan fingerprint density at radius 1 is 1.43 bits per heavy atom. The molecule has 112 valence electrons. The van der Waals surface area contributed by atoms with Gasteiger partial charge in [-0.25, -0.2) is 4.39 Å².